The number of nitrogens with zero attached hydrogens (tertiary/aromatic N) is 2. The van der Waals surface area contributed by atoms with E-state index in [1.54, 1.807) is 19.0 Å². The number of fused-ring (bicyclic) bond motifs is 4. The predicted octanol–water partition coefficient (Wildman–Crippen LogP) is 3.63. The quantitative estimate of drug-likeness (QED) is 0.236. The summed E-state index contributed by atoms with van der Waals surface area (Å²) in [7, 11) is 3.50. The number of aliphatic hydroxyl groups excluding tert-OH is 1. The summed E-state index contributed by atoms with van der Waals surface area (Å²) in [6.45, 7) is 4.27. The van der Waals surface area contributed by atoms with Crippen LogP contribution in [0, 0.1) is 17.7 Å². The van der Waals surface area contributed by atoms with E-state index in [1.165, 1.54) is 0 Å². The maximum absolute atomic E-state index is 15.8. The lowest BCUT2D eigenvalue weighted by atomic mass is 9.58. The van der Waals surface area contributed by atoms with Crippen LogP contribution in [0.2, 0.25) is 0 Å². The van der Waals surface area contributed by atoms with Gasteiger partial charge in [-0.15, -0.1) is 0 Å². The maximum atomic E-state index is 15.8. The average Bonchev–Trinajstić information content (AvgIpc) is 3.36. The second kappa shape index (κ2) is 11.3. The Balaban J connectivity index is 1.68. The zero-order valence-electron chi connectivity index (χ0n) is 24.5. The zero-order chi connectivity index (χ0) is 30.5. The van der Waals surface area contributed by atoms with Crippen LogP contribution in [0.15, 0.2) is 15.9 Å². The molecule has 5 rings (SSSR count). The fourth-order valence-corrected chi connectivity index (χ4v) is 6.66. The van der Waals surface area contributed by atoms with E-state index in [1.807, 2.05) is 13.8 Å². The minimum Gasteiger partial charge on any atom is -0.508 e. The molecule has 11 nitrogen and oxygen atoms in total. The number of ether oxygens (including phenoxy) is 2. The second-order valence-electron chi connectivity index (χ2n) is 11.6. The third-order valence-corrected chi connectivity index (χ3v) is 8.80. The Kier molecular flexibility index (Phi) is 8.08. The number of rotatable bonds is 10. The standard InChI is InChI=1S/C30H39FN4O7/c1-5-7-9-40-25-19-15(21(31)16(13-32)22(25)33)11-14-12-17-23(35(3)4)26-20(29(34-42-26)41-10-8-6-2)28(38)30(17,39)27(37)18(14)24(19)36/h14,17,23,37,39H,5-13,32-33H2,1-4H3/t14-,17-,23-,30-/m0/s1. The van der Waals surface area contributed by atoms with Gasteiger partial charge in [0.2, 0.25) is 5.78 Å². The van der Waals surface area contributed by atoms with Gasteiger partial charge in [0.1, 0.15) is 17.1 Å². The lowest BCUT2D eigenvalue weighted by Gasteiger charge is -2.49. The first kappa shape index (κ1) is 30.0. The number of ketones is 2. The first-order valence-corrected chi connectivity index (χ1v) is 14.5. The van der Waals surface area contributed by atoms with Crippen molar-refractivity contribution in [2.24, 2.45) is 17.6 Å². The smallest absolute Gasteiger partial charge is 0.265 e. The molecule has 0 bridgehead atoms. The number of benzene rings is 1. The monoisotopic (exact) mass is 586 g/mol. The van der Waals surface area contributed by atoms with Crippen molar-refractivity contribution in [3.8, 4) is 11.6 Å². The summed E-state index contributed by atoms with van der Waals surface area (Å²) in [5.41, 5.74) is 9.38. The van der Waals surface area contributed by atoms with Crippen molar-refractivity contribution in [2.45, 2.75) is 70.6 Å². The van der Waals surface area contributed by atoms with Gasteiger partial charge < -0.3 is 35.7 Å². The number of carbonyl (C=O) groups is 2. The van der Waals surface area contributed by atoms with Crippen LogP contribution in [0.3, 0.4) is 0 Å². The van der Waals surface area contributed by atoms with Crippen LogP contribution in [0.5, 0.6) is 11.6 Å². The van der Waals surface area contributed by atoms with Crippen molar-refractivity contribution in [3.05, 3.63) is 45.2 Å². The minimum absolute atomic E-state index is 0.00670. The second-order valence-corrected chi connectivity index (χ2v) is 11.6. The van der Waals surface area contributed by atoms with Crippen molar-refractivity contribution in [3.63, 3.8) is 0 Å². The Morgan fingerprint density at radius 1 is 1.14 bits per heavy atom. The summed E-state index contributed by atoms with van der Waals surface area (Å²) in [4.78, 5) is 30.0. The van der Waals surface area contributed by atoms with Gasteiger partial charge in [0, 0.05) is 29.2 Å². The van der Waals surface area contributed by atoms with Crippen molar-refractivity contribution < 1.29 is 38.2 Å². The van der Waals surface area contributed by atoms with E-state index >= 15 is 4.39 Å². The molecule has 0 amide bonds. The number of halogens is 1. The van der Waals surface area contributed by atoms with E-state index in [2.05, 4.69) is 5.16 Å². The molecule has 0 spiro atoms. The number of aliphatic hydroxyl groups is 2. The molecule has 3 aliphatic rings. The molecule has 12 heteroatoms. The first-order valence-electron chi connectivity index (χ1n) is 14.5. The molecule has 1 aromatic carbocycles. The molecule has 0 radical (unpaired) electrons. The molecule has 6 N–H and O–H groups in total. The normalized spacial score (nSPS) is 24.8. The molecule has 4 atom stereocenters. The Morgan fingerprint density at radius 3 is 2.43 bits per heavy atom. The number of hydrogen-bond donors (Lipinski definition) is 4. The van der Waals surface area contributed by atoms with Crippen LogP contribution in [0.4, 0.5) is 10.1 Å². The summed E-state index contributed by atoms with van der Waals surface area (Å²) in [6.07, 6.45) is 3.13. The molecule has 42 heavy (non-hydrogen) atoms. The zero-order valence-corrected chi connectivity index (χ0v) is 24.5. The van der Waals surface area contributed by atoms with E-state index in [9.17, 15) is 19.8 Å². The summed E-state index contributed by atoms with van der Waals surface area (Å²) in [5, 5.41) is 27.8. The summed E-state index contributed by atoms with van der Waals surface area (Å²) in [6, 6.07) is -0.706. The van der Waals surface area contributed by atoms with E-state index < -0.39 is 46.6 Å². The Morgan fingerprint density at radius 2 is 1.81 bits per heavy atom. The number of carbonyl (C=O) groups excluding carboxylic acids is 2. The fourth-order valence-electron chi connectivity index (χ4n) is 6.66. The van der Waals surface area contributed by atoms with Crippen molar-refractivity contribution >= 4 is 17.3 Å². The summed E-state index contributed by atoms with van der Waals surface area (Å²) >= 11 is 0. The number of unbranched alkanes of at least 4 members (excludes halogenated alkanes) is 2. The molecule has 0 unspecified atom stereocenters. The molecule has 1 aromatic heterocycles. The summed E-state index contributed by atoms with van der Waals surface area (Å²) < 4.78 is 33.1. The SMILES string of the molecule is CCCCOc1noc2c1C(=O)[C@@]1(O)C(O)=C3C(=O)c4c(c(F)c(CN)c(N)c4OCCCC)C[C@H]3C[C@H]1[C@@H]2N(C)C. The number of allylic oxidation sites excluding steroid dienone is 1. The van der Waals surface area contributed by atoms with Gasteiger partial charge in [-0.3, -0.25) is 14.5 Å². The number of aromatic nitrogens is 1. The van der Waals surface area contributed by atoms with Crippen molar-refractivity contribution in [1.29, 1.82) is 0 Å². The first-order chi connectivity index (χ1) is 20.0. The highest BCUT2D eigenvalue weighted by atomic mass is 19.1. The van der Waals surface area contributed by atoms with E-state index in [0.717, 1.165) is 12.8 Å². The van der Waals surface area contributed by atoms with E-state index in [4.69, 9.17) is 25.5 Å². The third-order valence-electron chi connectivity index (χ3n) is 8.80. The number of nitrogens with two attached hydrogens (primary N) is 2. The van der Waals surface area contributed by atoms with Gasteiger partial charge in [-0.2, -0.15) is 0 Å². The molecule has 0 aliphatic heterocycles. The predicted molar refractivity (Wildman–Crippen MR) is 151 cm³/mol. The molecular weight excluding hydrogens is 547 g/mol. The van der Waals surface area contributed by atoms with Crippen LogP contribution in [0.25, 0.3) is 0 Å². The summed E-state index contributed by atoms with van der Waals surface area (Å²) in [5.74, 6) is -4.54. The Labute approximate surface area is 243 Å². The fraction of sp³-hybridized carbons (Fsp3) is 0.567. The Hall–Kier alpha value is -3.48. The lowest BCUT2D eigenvalue weighted by Crippen LogP contribution is -2.59. The van der Waals surface area contributed by atoms with Crippen LogP contribution in [0.1, 0.15) is 89.6 Å². The molecule has 2 aromatic rings. The highest BCUT2D eigenvalue weighted by Gasteiger charge is 2.64. The van der Waals surface area contributed by atoms with Gasteiger partial charge in [-0.25, -0.2) is 4.39 Å². The van der Waals surface area contributed by atoms with Gasteiger partial charge in [0.15, 0.2) is 22.9 Å². The molecule has 228 valence electrons. The number of hydrogen-bond acceptors (Lipinski definition) is 11. The van der Waals surface area contributed by atoms with Crippen LogP contribution < -0.4 is 20.9 Å². The average molecular weight is 587 g/mol. The van der Waals surface area contributed by atoms with E-state index in [0.29, 0.717) is 12.8 Å². The molecule has 1 heterocycles. The molecule has 0 fully saturated rings. The highest BCUT2D eigenvalue weighted by molar-refractivity contribution is 6.16. The van der Waals surface area contributed by atoms with Gasteiger partial charge in [-0.05, 0) is 50.9 Å². The highest BCUT2D eigenvalue weighted by Crippen LogP contribution is 2.57. The van der Waals surface area contributed by atoms with Crippen LogP contribution in [-0.4, -0.2) is 64.7 Å². The molecule has 0 saturated heterocycles. The van der Waals surface area contributed by atoms with E-state index in [-0.39, 0.29) is 83.5 Å². The molecular formula is C30H39FN4O7. The van der Waals surface area contributed by atoms with Crippen molar-refractivity contribution in [2.75, 3.05) is 33.0 Å². The van der Waals surface area contributed by atoms with Gasteiger partial charge in [0.05, 0.1) is 30.5 Å². The minimum atomic E-state index is -2.47. The Bertz CT molecular complexity index is 1450. The number of anilines is 1. The third kappa shape index (κ3) is 4.30. The van der Waals surface area contributed by atoms with Crippen LogP contribution in [-0.2, 0) is 13.0 Å². The largest absolute Gasteiger partial charge is 0.508 e. The molecule has 0 saturated carbocycles. The lowest BCUT2D eigenvalue weighted by molar-refractivity contribution is -0.0559. The van der Waals surface area contributed by atoms with Gasteiger partial charge in [0.25, 0.3) is 5.88 Å². The maximum Gasteiger partial charge on any atom is 0.265 e. The topological polar surface area (TPSA) is 174 Å². The van der Waals surface area contributed by atoms with Crippen LogP contribution >= 0.6 is 0 Å². The molecule has 3 aliphatic carbocycles. The van der Waals surface area contributed by atoms with Gasteiger partial charge >= 0.3 is 0 Å². The van der Waals surface area contributed by atoms with Gasteiger partial charge in [-0.1, -0.05) is 26.7 Å². The van der Waals surface area contributed by atoms with Crippen molar-refractivity contribution in [1.82, 2.24) is 10.1 Å². The number of nitrogen functional groups attached to an aromatic ring is 1. The number of Topliss-reactive ketones (excluding diaryl/α,β-unsaturated/α-hetero) is 2.